The highest BCUT2D eigenvalue weighted by Crippen LogP contribution is 2.20. The molecule has 1 heterocycles. The second-order valence-electron chi connectivity index (χ2n) is 5.65. The van der Waals surface area contributed by atoms with E-state index >= 15 is 0 Å². The molecule has 0 aliphatic carbocycles. The number of hydrogen-bond donors (Lipinski definition) is 3. The van der Waals surface area contributed by atoms with E-state index in [9.17, 15) is 9.59 Å². The lowest BCUT2D eigenvalue weighted by molar-refractivity contribution is 0.102. The van der Waals surface area contributed by atoms with E-state index in [1.807, 2.05) is 30.3 Å². The Kier molecular flexibility index (Phi) is 5.34. The highest BCUT2D eigenvalue weighted by atomic mass is 16.5. The molecule has 3 N–H and O–H groups in total. The topological polar surface area (TPSA) is 83.2 Å². The van der Waals surface area contributed by atoms with Gasteiger partial charge in [-0.25, -0.2) is 0 Å². The zero-order valence-electron chi connectivity index (χ0n) is 14.3. The van der Waals surface area contributed by atoms with Crippen molar-refractivity contribution in [3.63, 3.8) is 0 Å². The summed E-state index contributed by atoms with van der Waals surface area (Å²) in [5.74, 6) is 0.454. The van der Waals surface area contributed by atoms with Gasteiger partial charge in [0.1, 0.15) is 5.75 Å². The molecule has 0 aliphatic heterocycles. The molecular weight excluding hydrogens is 330 g/mol. The maximum Gasteiger partial charge on any atom is 0.257 e. The van der Waals surface area contributed by atoms with Gasteiger partial charge >= 0.3 is 0 Å². The average molecular weight is 349 g/mol. The first-order chi connectivity index (χ1) is 12.7. The summed E-state index contributed by atoms with van der Waals surface area (Å²) in [5.41, 5.74) is 2.66. The van der Waals surface area contributed by atoms with Gasteiger partial charge in [0.25, 0.3) is 5.91 Å². The molecule has 0 bridgehead atoms. The third-order valence-corrected chi connectivity index (χ3v) is 3.83. The first-order valence-corrected chi connectivity index (χ1v) is 8.11. The molecule has 0 fully saturated rings. The minimum atomic E-state index is -0.220. The molecule has 0 spiro atoms. The largest absolute Gasteiger partial charge is 0.497 e. The quantitative estimate of drug-likeness (QED) is 0.638. The molecule has 1 amide bonds. The Hall–Kier alpha value is -3.54. The Morgan fingerprint density at radius 1 is 1.08 bits per heavy atom. The van der Waals surface area contributed by atoms with Crippen molar-refractivity contribution in [1.82, 2.24) is 4.98 Å². The summed E-state index contributed by atoms with van der Waals surface area (Å²) in [6.45, 7) is 0.486. The standard InChI is InChI=1S/C20H19N3O3/c1-26-16-6-4-5-15(11-16)23-20(25)17-7-2-3-8-18(17)21-12-14-9-10-19(24)22-13-14/h2-11,13,21H,12H2,1H3,(H,22,24)(H,23,25). The number of carbonyl (C=O) groups is 1. The van der Waals surface area contributed by atoms with Crippen molar-refractivity contribution in [2.24, 2.45) is 0 Å². The molecule has 6 heteroatoms. The minimum Gasteiger partial charge on any atom is -0.497 e. The van der Waals surface area contributed by atoms with E-state index in [4.69, 9.17) is 4.74 Å². The van der Waals surface area contributed by atoms with Gasteiger partial charge in [0.05, 0.1) is 12.7 Å². The van der Waals surface area contributed by atoms with E-state index in [2.05, 4.69) is 15.6 Å². The zero-order chi connectivity index (χ0) is 18.4. The smallest absolute Gasteiger partial charge is 0.257 e. The first-order valence-electron chi connectivity index (χ1n) is 8.11. The van der Waals surface area contributed by atoms with Crippen LogP contribution in [0.4, 0.5) is 11.4 Å². The third-order valence-electron chi connectivity index (χ3n) is 3.83. The number of rotatable bonds is 6. The van der Waals surface area contributed by atoms with Crippen molar-refractivity contribution in [2.75, 3.05) is 17.7 Å². The maximum atomic E-state index is 12.7. The number of benzene rings is 2. The lowest BCUT2D eigenvalue weighted by Gasteiger charge is -2.12. The van der Waals surface area contributed by atoms with Gasteiger partial charge in [0.15, 0.2) is 0 Å². The molecule has 0 atom stereocenters. The number of H-pyrrole nitrogens is 1. The monoisotopic (exact) mass is 349 g/mol. The van der Waals surface area contributed by atoms with Gasteiger partial charge in [-0.2, -0.15) is 0 Å². The number of anilines is 2. The van der Waals surface area contributed by atoms with Gasteiger partial charge in [-0.15, -0.1) is 0 Å². The van der Waals surface area contributed by atoms with Crippen LogP contribution in [0.25, 0.3) is 0 Å². The van der Waals surface area contributed by atoms with Crippen LogP contribution in [0.1, 0.15) is 15.9 Å². The van der Waals surface area contributed by atoms with Crippen LogP contribution in [-0.2, 0) is 6.54 Å². The zero-order valence-corrected chi connectivity index (χ0v) is 14.3. The Balaban J connectivity index is 1.74. The molecule has 3 rings (SSSR count). The molecule has 0 radical (unpaired) electrons. The highest BCUT2D eigenvalue weighted by molar-refractivity contribution is 6.08. The number of aromatic nitrogens is 1. The van der Waals surface area contributed by atoms with Gasteiger partial charge in [0, 0.05) is 36.2 Å². The van der Waals surface area contributed by atoms with E-state index < -0.39 is 0 Å². The molecule has 1 aromatic heterocycles. The Morgan fingerprint density at radius 3 is 2.69 bits per heavy atom. The Labute approximate surface area is 150 Å². The normalized spacial score (nSPS) is 10.2. The molecule has 6 nitrogen and oxygen atoms in total. The summed E-state index contributed by atoms with van der Waals surface area (Å²) in [5, 5.41) is 6.10. The SMILES string of the molecule is COc1cccc(NC(=O)c2ccccc2NCc2ccc(=O)[nH]c2)c1. The summed E-state index contributed by atoms with van der Waals surface area (Å²) < 4.78 is 5.17. The second-order valence-corrected chi connectivity index (χ2v) is 5.65. The molecule has 0 saturated heterocycles. The molecular formula is C20H19N3O3. The van der Waals surface area contributed by atoms with E-state index in [1.165, 1.54) is 6.07 Å². The van der Waals surface area contributed by atoms with Gasteiger partial charge in [-0.05, 0) is 29.8 Å². The van der Waals surface area contributed by atoms with Crippen molar-refractivity contribution in [1.29, 1.82) is 0 Å². The number of aromatic amines is 1. The molecule has 0 saturated carbocycles. The number of hydrogen-bond acceptors (Lipinski definition) is 4. The minimum absolute atomic E-state index is 0.146. The number of para-hydroxylation sites is 1. The fourth-order valence-corrected chi connectivity index (χ4v) is 2.48. The summed E-state index contributed by atoms with van der Waals surface area (Å²) in [4.78, 5) is 26.4. The van der Waals surface area contributed by atoms with Crippen molar-refractivity contribution >= 4 is 17.3 Å². The van der Waals surface area contributed by atoms with Crippen LogP contribution >= 0.6 is 0 Å². The number of carbonyl (C=O) groups excluding carboxylic acids is 1. The molecule has 2 aromatic carbocycles. The number of pyridine rings is 1. The van der Waals surface area contributed by atoms with Crippen molar-refractivity contribution in [3.8, 4) is 5.75 Å². The number of ether oxygens (including phenoxy) is 1. The van der Waals surface area contributed by atoms with Crippen LogP contribution < -0.4 is 20.9 Å². The Bertz CT molecular complexity index is 946. The molecule has 132 valence electrons. The molecule has 0 aliphatic rings. The van der Waals surface area contributed by atoms with E-state index in [0.717, 1.165) is 5.56 Å². The summed E-state index contributed by atoms with van der Waals surface area (Å²) in [7, 11) is 1.58. The Morgan fingerprint density at radius 2 is 1.92 bits per heavy atom. The average Bonchev–Trinajstić information content (AvgIpc) is 2.68. The van der Waals surface area contributed by atoms with Crippen LogP contribution in [-0.4, -0.2) is 18.0 Å². The molecule has 26 heavy (non-hydrogen) atoms. The fraction of sp³-hybridized carbons (Fsp3) is 0.100. The number of methoxy groups -OCH3 is 1. The maximum absolute atomic E-state index is 12.7. The van der Waals surface area contributed by atoms with Crippen molar-refractivity contribution < 1.29 is 9.53 Å². The lowest BCUT2D eigenvalue weighted by Crippen LogP contribution is -2.15. The van der Waals surface area contributed by atoms with Crippen LogP contribution in [0.5, 0.6) is 5.75 Å². The molecule has 0 unspecified atom stereocenters. The summed E-state index contributed by atoms with van der Waals surface area (Å²) in [6, 6.07) is 17.7. The third kappa shape index (κ3) is 4.30. The predicted molar refractivity (Wildman–Crippen MR) is 102 cm³/mol. The van der Waals surface area contributed by atoms with Crippen molar-refractivity contribution in [3.05, 3.63) is 88.3 Å². The van der Waals surface area contributed by atoms with Crippen molar-refractivity contribution in [2.45, 2.75) is 6.54 Å². The van der Waals surface area contributed by atoms with Gasteiger partial charge in [0.2, 0.25) is 5.56 Å². The summed E-state index contributed by atoms with van der Waals surface area (Å²) >= 11 is 0. The fourth-order valence-electron chi connectivity index (χ4n) is 2.48. The lowest BCUT2D eigenvalue weighted by atomic mass is 10.1. The van der Waals surface area contributed by atoms with Gasteiger partial charge < -0.3 is 20.4 Å². The summed E-state index contributed by atoms with van der Waals surface area (Å²) in [6.07, 6.45) is 1.65. The van der Waals surface area contributed by atoms with Gasteiger partial charge in [-0.1, -0.05) is 24.3 Å². The second kappa shape index (κ2) is 8.02. The van der Waals surface area contributed by atoms with Gasteiger partial charge in [-0.3, -0.25) is 9.59 Å². The van der Waals surface area contributed by atoms with Crippen LogP contribution in [0, 0.1) is 0 Å². The predicted octanol–water partition coefficient (Wildman–Crippen LogP) is 3.25. The first kappa shape index (κ1) is 17.3. The number of amides is 1. The van der Waals surface area contributed by atoms with E-state index in [-0.39, 0.29) is 11.5 Å². The highest BCUT2D eigenvalue weighted by Gasteiger charge is 2.11. The van der Waals surface area contributed by atoms with E-state index in [1.54, 1.807) is 37.6 Å². The van der Waals surface area contributed by atoms with E-state index in [0.29, 0.717) is 29.2 Å². The van der Waals surface area contributed by atoms with Crippen LogP contribution in [0.3, 0.4) is 0 Å². The number of nitrogens with one attached hydrogen (secondary N) is 3. The van der Waals surface area contributed by atoms with Crippen LogP contribution in [0.15, 0.2) is 71.7 Å². The molecule has 3 aromatic rings. The van der Waals surface area contributed by atoms with Crippen LogP contribution in [0.2, 0.25) is 0 Å².